The zero-order valence-corrected chi connectivity index (χ0v) is 15.0. The normalized spacial score (nSPS) is 16.7. The maximum Gasteiger partial charge on any atom is 0.270 e. The average Bonchev–Trinajstić information content (AvgIpc) is 2.74. The van der Waals surface area contributed by atoms with Crippen molar-refractivity contribution in [2.75, 3.05) is 6.54 Å². The van der Waals surface area contributed by atoms with E-state index in [1.165, 1.54) is 0 Å². The van der Waals surface area contributed by atoms with Gasteiger partial charge >= 0.3 is 0 Å². The van der Waals surface area contributed by atoms with Crippen LogP contribution in [0.15, 0.2) is 48.5 Å². The fourth-order valence-corrected chi connectivity index (χ4v) is 2.96. The molecule has 0 radical (unpaired) electrons. The lowest BCUT2D eigenvalue weighted by Crippen LogP contribution is -2.45. The van der Waals surface area contributed by atoms with E-state index in [0.29, 0.717) is 29.2 Å². The van der Waals surface area contributed by atoms with Crippen LogP contribution in [0, 0.1) is 0 Å². The van der Waals surface area contributed by atoms with Crippen LogP contribution in [0.3, 0.4) is 0 Å². The first-order chi connectivity index (χ1) is 12.5. The molecule has 2 aromatic carbocycles. The second-order valence-corrected chi connectivity index (χ2v) is 6.49. The van der Waals surface area contributed by atoms with Crippen LogP contribution in [-0.2, 0) is 4.79 Å². The van der Waals surface area contributed by atoms with Gasteiger partial charge in [-0.2, -0.15) is 0 Å². The van der Waals surface area contributed by atoms with Crippen molar-refractivity contribution in [3.05, 3.63) is 64.7 Å². The fraction of sp³-hybridized carbons (Fsp3) is 0.250. The molecule has 5 nitrogen and oxygen atoms in total. The number of halogens is 1. The van der Waals surface area contributed by atoms with Crippen LogP contribution in [0.2, 0.25) is 5.02 Å². The molecule has 26 heavy (non-hydrogen) atoms. The molecule has 134 valence electrons. The smallest absolute Gasteiger partial charge is 0.270 e. The number of rotatable bonds is 5. The van der Waals surface area contributed by atoms with Crippen molar-refractivity contribution in [2.45, 2.75) is 25.9 Å². The van der Waals surface area contributed by atoms with Gasteiger partial charge in [-0.25, -0.2) is 0 Å². The first-order valence-corrected chi connectivity index (χ1v) is 8.79. The molecule has 0 bridgehead atoms. The Kier molecular flexibility index (Phi) is 5.38. The SMILES string of the molecule is CCC[C@H]1Oc2ccccc2C(=O)N(CC(=O)c2ccc(Cl)cc2)C1=O. The largest absolute Gasteiger partial charge is 0.480 e. The Labute approximate surface area is 156 Å². The second kappa shape index (κ2) is 7.70. The highest BCUT2D eigenvalue weighted by Gasteiger charge is 2.36. The Morgan fingerprint density at radius 3 is 2.50 bits per heavy atom. The monoisotopic (exact) mass is 371 g/mol. The van der Waals surface area contributed by atoms with Gasteiger partial charge in [0.2, 0.25) is 0 Å². The Hall–Kier alpha value is -2.66. The van der Waals surface area contributed by atoms with Crippen molar-refractivity contribution in [1.82, 2.24) is 4.90 Å². The summed E-state index contributed by atoms with van der Waals surface area (Å²) in [6.45, 7) is 1.59. The molecule has 1 aliphatic rings. The van der Waals surface area contributed by atoms with E-state index in [2.05, 4.69) is 0 Å². The van der Waals surface area contributed by atoms with Crippen molar-refractivity contribution in [1.29, 1.82) is 0 Å². The van der Waals surface area contributed by atoms with Gasteiger partial charge in [0.25, 0.3) is 11.8 Å². The molecule has 0 spiro atoms. The van der Waals surface area contributed by atoms with E-state index in [0.717, 1.165) is 4.90 Å². The number of benzene rings is 2. The molecule has 3 rings (SSSR count). The molecule has 0 saturated heterocycles. The predicted molar refractivity (Wildman–Crippen MR) is 97.6 cm³/mol. The third-order valence-corrected chi connectivity index (χ3v) is 4.44. The van der Waals surface area contributed by atoms with E-state index in [1.54, 1.807) is 48.5 Å². The highest BCUT2D eigenvalue weighted by atomic mass is 35.5. The molecule has 0 N–H and O–H groups in total. The number of ether oxygens (including phenoxy) is 1. The second-order valence-electron chi connectivity index (χ2n) is 6.05. The summed E-state index contributed by atoms with van der Waals surface area (Å²) < 4.78 is 5.77. The average molecular weight is 372 g/mol. The van der Waals surface area contributed by atoms with Crippen molar-refractivity contribution >= 4 is 29.2 Å². The summed E-state index contributed by atoms with van der Waals surface area (Å²) in [6.07, 6.45) is 0.392. The number of nitrogens with zero attached hydrogens (tertiary/aromatic N) is 1. The van der Waals surface area contributed by atoms with Gasteiger partial charge in [-0.15, -0.1) is 0 Å². The van der Waals surface area contributed by atoms with E-state index in [9.17, 15) is 14.4 Å². The molecule has 1 heterocycles. The van der Waals surface area contributed by atoms with Gasteiger partial charge in [0.05, 0.1) is 12.1 Å². The lowest BCUT2D eigenvalue weighted by molar-refractivity contribution is -0.135. The third kappa shape index (κ3) is 3.63. The summed E-state index contributed by atoms with van der Waals surface area (Å²) >= 11 is 5.84. The minimum absolute atomic E-state index is 0.281. The zero-order valence-electron chi connectivity index (χ0n) is 14.3. The van der Waals surface area contributed by atoms with Gasteiger partial charge in [0, 0.05) is 10.6 Å². The van der Waals surface area contributed by atoms with Crippen molar-refractivity contribution in [3.63, 3.8) is 0 Å². The van der Waals surface area contributed by atoms with Crippen molar-refractivity contribution in [2.24, 2.45) is 0 Å². The predicted octanol–water partition coefficient (Wildman–Crippen LogP) is 3.75. The number of fused-ring (bicyclic) bond motifs is 1. The first-order valence-electron chi connectivity index (χ1n) is 8.41. The third-order valence-electron chi connectivity index (χ3n) is 4.19. The van der Waals surface area contributed by atoms with Gasteiger partial charge < -0.3 is 4.74 Å². The molecule has 1 atom stereocenters. The summed E-state index contributed by atoms with van der Waals surface area (Å²) in [5, 5.41) is 0.508. The lowest BCUT2D eigenvalue weighted by atomic mass is 10.1. The molecule has 0 unspecified atom stereocenters. The summed E-state index contributed by atoms with van der Waals surface area (Å²) in [5.74, 6) is -0.981. The minimum atomic E-state index is -0.786. The Morgan fingerprint density at radius 1 is 1.12 bits per heavy atom. The maximum absolute atomic E-state index is 12.9. The molecular formula is C20H18ClNO4. The van der Waals surface area contributed by atoms with E-state index in [-0.39, 0.29) is 17.9 Å². The van der Waals surface area contributed by atoms with Gasteiger partial charge in [-0.1, -0.05) is 37.1 Å². The number of carbonyl (C=O) groups is 3. The summed E-state index contributed by atoms with van der Waals surface area (Å²) in [7, 11) is 0. The van der Waals surface area contributed by atoms with Crippen molar-refractivity contribution < 1.29 is 19.1 Å². The minimum Gasteiger partial charge on any atom is -0.480 e. The van der Waals surface area contributed by atoms with Crippen LogP contribution in [-0.4, -0.2) is 35.1 Å². The summed E-state index contributed by atoms with van der Waals surface area (Å²) in [6, 6.07) is 13.0. The molecule has 2 aromatic rings. The van der Waals surface area contributed by atoms with E-state index < -0.39 is 17.9 Å². The molecule has 0 saturated carbocycles. The molecule has 1 aliphatic heterocycles. The summed E-state index contributed by atoms with van der Waals surface area (Å²) in [4.78, 5) is 39.3. The van der Waals surface area contributed by atoms with Gasteiger partial charge in [0.1, 0.15) is 5.75 Å². The van der Waals surface area contributed by atoms with Crippen LogP contribution >= 0.6 is 11.6 Å². The number of carbonyl (C=O) groups excluding carboxylic acids is 3. The van der Waals surface area contributed by atoms with Crippen LogP contribution in [0.1, 0.15) is 40.5 Å². The van der Waals surface area contributed by atoms with E-state index in [1.807, 2.05) is 6.92 Å². The Morgan fingerprint density at radius 2 is 1.81 bits per heavy atom. The maximum atomic E-state index is 12.9. The van der Waals surface area contributed by atoms with E-state index >= 15 is 0 Å². The standard InChI is InChI=1S/C20H18ClNO4/c1-2-5-18-20(25)22(12-16(23)13-8-10-14(21)11-9-13)19(24)15-6-3-4-7-17(15)26-18/h3-4,6-11,18H,2,5,12H2,1H3/t18-/m1/s1. The van der Waals surface area contributed by atoms with Crippen molar-refractivity contribution in [3.8, 4) is 5.75 Å². The number of ketones is 1. The number of para-hydroxylation sites is 1. The molecule has 0 fully saturated rings. The Balaban J connectivity index is 1.92. The van der Waals surface area contributed by atoms with Gasteiger partial charge in [0.15, 0.2) is 11.9 Å². The highest BCUT2D eigenvalue weighted by molar-refractivity contribution is 6.30. The molecule has 6 heteroatoms. The number of amides is 2. The van der Waals surface area contributed by atoms with Gasteiger partial charge in [-0.05, 0) is 42.8 Å². The lowest BCUT2D eigenvalue weighted by Gasteiger charge is -2.21. The fourth-order valence-electron chi connectivity index (χ4n) is 2.83. The Bertz CT molecular complexity index is 847. The molecule has 2 amide bonds. The van der Waals surface area contributed by atoms with Crippen LogP contribution < -0.4 is 4.74 Å². The highest BCUT2D eigenvalue weighted by Crippen LogP contribution is 2.27. The first kappa shape index (κ1) is 18.1. The quantitative estimate of drug-likeness (QED) is 0.593. The number of hydrogen-bond donors (Lipinski definition) is 0. The number of hydrogen-bond acceptors (Lipinski definition) is 4. The molecular weight excluding hydrogens is 354 g/mol. The number of imide groups is 1. The molecule has 0 aromatic heterocycles. The topological polar surface area (TPSA) is 63.7 Å². The van der Waals surface area contributed by atoms with Crippen LogP contribution in [0.4, 0.5) is 0 Å². The van der Waals surface area contributed by atoms with E-state index in [4.69, 9.17) is 16.3 Å². The molecule has 0 aliphatic carbocycles. The zero-order chi connectivity index (χ0) is 18.7. The number of Topliss-reactive ketones (excluding diaryl/α,β-unsaturated/α-hetero) is 1. The van der Waals surface area contributed by atoms with Crippen LogP contribution in [0.25, 0.3) is 0 Å². The van der Waals surface area contributed by atoms with Gasteiger partial charge in [-0.3, -0.25) is 19.3 Å². The summed E-state index contributed by atoms with van der Waals surface area (Å²) in [5.41, 5.74) is 0.670. The van der Waals surface area contributed by atoms with Crippen LogP contribution in [0.5, 0.6) is 5.75 Å².